The normalized spacial score (nSPS) is 35.4. The second-order valence-electron chi connectivity index (χ2n) is 6.08. The zero-order valence-electron chi connectivity index (χ0n) is 12.2. The van der Waals surface area contributed by atoms with Crippen molar-refractivity contribution in [1.82, 2.24) is 15.1 Å². The minimum absolute atomic E-state index is 0.153. The molecular weight excluding hydrogens is 226 g/mol. The third kappa shape index (κ3) is 2.41. The van der Waals surface area contributed by atoms with Crippen LogP contribution in [0.3, 0.4) is 0 Å². The first kappa shape index (κ1) is 13.8. The Labute approximate surface area is 111 Å². The molecule has 0 bridgehead atoms. The summed E-state index contributed by atoms with van der Waals surface area (Å²) in [7, 11) is 0. The standard InChI is InChI=1S/C14H27N3O/c1-5-14(4)13(18)17(12(3)15-14)11(2)10-16-8-6-7-9-16/h11-12,15H,5-10H2,1-4H3. The monoisotopic (exact) mass is 253 g/mol. The molecule has 0 aromatic heterocycles. The van der Waals surface area contributed by atoms with Crippen molar-refractivity contribution in [3.63, 3.8) is 0 Å². The number of hydrogen-bond acceptors (Lipinski definition) is 3. The van der Waals surface area contributed by atoms with Crippen LogP contribution in [0.5, 0.6) is 0 Å². The Hall–Kier alpha value is -0.610. The molecule has 2 rings (SSSR count). The molecule has 3 atom stereocenters. The average molecular weight is 253 g/mol. The minimum atomic E-state index is -0.362. The molecule has 2 heterocycles. The van der Waals surface area contributed by atoms with Crippen LogP contribution in [-0.2, 0) is 4.79 Å². The van der Waals surface area contributed by atoms with Crippen LogP contribution in [-0.4, -0.2) is 53.1 Å². The molecule has 0 spiro atoms. The highest BCUT2D eigenvalue weighted by atomic mass is 16.2. The summed E-state index contributed by atoms with van der Waals surface area (Å²) < 4.78 is 0. The zero-order valence-corrected chi connectivity index (χ0v) is 12.2. The van der Waals surface area contributed by atoms with E-state index < -0.39 is 0 Å². The lowest BCUT2D eigenvalue weighted by molar-refractivity contribution is -0.134. The van der Waals surface area contributed by atoms with Gasteiger partial charge in [0, 0.05) is 12.6 Å². The van der Waals surface area contributed by atoms with E-state index in [1.54, 1.807) is 0 Å². The first-order chi connectivity index (χ1) is 8.48. The molecule has 18 heavy (non-hydrogen) atoms. The van der Waals surface area contributed by atoms with Crippen LogP contribution >= 0.6 is 0 Å². The Kier molecular flexibility index (Phi) is 3.97. The van der Waals surface area contributed by atoms with E-state index in [9.17, 15) is 4.79 Å². The lowest BCUT2D eigenvalue weighted by atomic mass is 9.99. The van der Waals surface area contributed by atoms with Gasteiger partial charge in [-0.3, -0.25) is 10.1 Å². The zero-order chi connectivity index (χ0) is 13.3. The van der Waals surface area contributed by atoms with E-state index in [1.165, 1.54) is 25.9 Å². The lowest BCUT2D eigenvalue weighted by Crippen LogP contribution is -2.47. The van der Waals surface area contributed by atoms with E-state index in [0.29, 0.717) is 6.04 Å². The highest BCUT2D eigenvalue weighted by Crippen LogP contribution is 2.25. The van der Waals surface area contributed by atoms with E-state index >= 15 is 0 Å². The second-order valence-corrected chi connectivity index (χ2v) is 6.08. The molecule has 104 valence electrons. The number of likely N-dealkylation sites (tertiary alicyclic amines) is 1. The van der Waals surface area contributed by atoms with Gasteiger partial charge in [0.1, 0.15) is 0 Å². The summed E-state index contributed by atoms with van der Waals surface area (Å²) in [5.41, 5.74) is -0.362. The minimum Gasteiger partial charge on any atom is -0.322 e. The van der Waals surface area contributed by atoms with Crippen LogP contribution in [0.4, 0.5) is 0 Å². The number of carbonyl (C=O) groups is 1. The molecule has 3 unspecified atom stereocenters. The van der Waals surface area contributed by atoms with Crippen LogP contribution in [0.1, 0.15) is 47.0 Å². The van der Waals surface area contributed by atoms with Crippen molar-refractivity contribution in [2.24, 2.45) is 0 Å². The molecule has 1 N–H and O–H groups in total. The number of nitrogens with zero attached hydrogens (tertiary/aromatic N) is 2. The predicted molar refractivity (Wildman–Crippen MR) is 73.3 cm³/mol. The van der Waals surface area contributed by atoms with Gasteiger partial charge in [-0.25, -0.2) is 0 Å². The molecule has 0 aromatic carbocycles. The van der Waals surface area contributed by atoms with Crippen molar-refractivity contribution in [3.05, 3.63) is 0 Å². The molecule has 4 nitrogen and oxygen atoms in total. The highest BCUT2D eigenvalue weighted by Gasteiger charge is 2.46. The Balaban J connectivity index is 2.01. The van der Waals surface area contributed by atoms with Gasteiger partial charge in [0.2, 0.25) is 5.91 Å². The SMILES string of the molecule is CCC1(C)NC(C)N(C(C)CN2CCCC2)C1=O. The Morgan fingerprint density at radius 1 is 1.44 bits per heavy atom. The van der Waals surface area contributed by atoms with E-state index in [4.69, 9.17) is 0 Å². The van der Waals surface area contributed by atoms with Crippen molar-refractivity contribution < 1.29 is 4.79 Å². The first-order valence-electron chi connectivity index (χ1n) is 7.31. The van der Waals surface area contributed by atoms with Gasteiger partial charge >= 0.3 is 0 Å². The van der Waals surface area contributed by atoms with E-state index in [1.807, 2.05) is 11.8 Å². The van der Waals surface area contributed by atoms with E-state index in [0.717, 1.165) is 13.0 Å². The van der Waals surface area contributed by atoms with Gasteiger partial charge in [-0.1, -0.05) is 6.92 Å². The molecule has 1 amide bonds. The van der Waals surface area contributed by atoms with Gasteiger partial charge in [-0.15, -0.1) is 0 Å². The molecule has 0 aromatic rings. The van der Waals surface area contributed by atoms with Gasteiger partial charge in [0.05, 0.1) is 11.7 Å². The number of rotatable bonds is 4. The summed E-state index contributed by atoms with van der Waals surface area (Å²) in [5, 5.41) is 3.44. The van der Waals surface area contributed by atoms with Crippen LogP contribution < -0.4 is 5.32 Å². The van der Waals surface area contributed by atoms with Crippen LogP contribution in [0.2, 0.25) is 0 Å². The Morgan fingerprint density at radius 2 is 2.06 bits per heavy atom. The Morgan fingerprint density at radius 3 is 2.56 bits per heavy atom. The largest absolute Gasteiger partial charge is 0.322 e. The lowest BCUT2D eigenvalue weighted by Gasteiger charge is -2.31. The molecule has 0 radical (unpaired) electrons. The van der Waals surface area contributed by atoms with Crippen molar-refractivity contribution in [2.45, 2.75) is 64.7 Å². The number of hydrogen-bond donors (Lipinski definition) is 1. The van der Waals surface area contributed by atoms with Crippen LogP contribution in [0.15, 0.2) is 0 Å². The maximum absolute atomic E-state index is 12.5. The maximum atomic E-state index is 12.5. The molecule has 2 fully saturated rings. The number of nitrogens with one attached hydrogen (secondary N) is 1. The molecule has 2 aliphatic rings. The fourth-order valence-corrected chi connectivity index (χ4v) is 3.32. The van der Waals surface area contributed by atoms with Crippen molar-refractivity contribution >= 4 is 5.91 Å². The maximum Gasteiger partial charge on any atom is 0.244 e. The van der Waals surface area contributed by atoms with Crippen LogP contribution in [0.25, 0.3) is 0 Å². The van der Waals surface area contributed by atoms with Gasteiger partial charge in [0.15, 0.2) is 0 Å². The number of carbonyl (C=O) groups excluding carboxylic acids is 1. The summed E-state index contributed by atoms with van der Waals surface area (Å²) >= 11 is 0. The number of amides is 1. The third-order valence-electron chi connectivity index (χ3n) is 4.55. The molecular formula is C14H27N3O. The van der Waals surface area contributed by atoms with Crippen LogP contribution in [0, 0.1) is 0 Å². The summed E-state index contributed by atoms with van der Waals surface area (Å²) in [6.45, 7) is 11.8. The van der Waals surface area contributed by atoms with E-state index in [-0.39, 0.29) is 17.6 Å². The predicted octanol–water partition coefficient (Wildman–Crippen LogP) is 1.42. The molecule has 2 saturated heterocycles. The topological polar surface area (TPSA) is 35.6 Å². The molecule has 4 heteroatoms. The second kappa shape index (κ2) is 5.17. The highest BCUT2D eigenvalue weighted by molar-refractivity contribution is 5.88. The van der Waals surface area contributed by atoms with Crippen molar-refractivity contribution in [2.75, 3.05) is 19.6 Å². The average Bonchev–Trinajstić information content (AvgIpc) is 2.88. The quantitative estimate of drug-likeness (QED) is 0.823. The molecule has 0 aliphatic carbocycles. The molecule has 2 aliphatic heterocycles. The molecule has 0 saturated carbocycles. The smallest absolute Gasteiger partial charge is 0.244 e. The fourth-order valence-electron chi connectivity index (χ4n) is 3.32. The van der Waals surface area contributed by atoms with Gasteiger partial charge in [-0.05, 0) is 53.1 Å². The first-order valence-corrected chi connectivity index (χ1v) is 7.31. The summed E-state index contributed by atoms with van der Waals surface area (Å²) in [6, 6.07) is 0.298. The Bertz CT molecular complexity index is 314. The van der Waals surface area contributed by atoms with Crippen molar-refractivity contribution in [1.29, 1.82) is 0 Å². The summed E-state index contributed by atoms with van der Waals surface area (Å²) in [4.78, 5) is 17.1. The fraction of sp³-hybridized carbons (Fsp3) is 0.929. The van der Waals surface area contributed by atoms with Gasteiger partial charge in [-0.2, -0.15) is 0 Å². The van der Waals surface area contributed by atoms with Crippen molar-refractivity contribution in [3.8, 4) is 0 Å². The third-order valence-corrected chi connectivity index (χ3v) is 4.55. The van der Waals surface area contributed by atoms with Gasteiger partial charge < -0.3 is 9.80 Å². The summed E-state index contributed by atoms with van der Waals surface area (Å²) in [5.74, 6) is 0.268. The summed E-state index contributed by atoms with van der Waals surface area (Å²) in [6.07, 6.45) is 3.62. The van der Waals surface area contributed by atoms with Gasteiger partial charge in [0.25, 0.3) is 0 Å². The van der Waals surface area contributed by atoms with E-state index in [2.05, 4.69) is 31.0 Å².